The van der Waals surface area contributed by atoms with Crippen molar-refractivity contribution in [1.29, 1.82) is 0 Å². The van der Waals surface area contributed by atoms with Crippen molar-refractivity contribution in [2.24, 2.45) is 5.10 Å². The standard InChI is InChI=1S/C8H8ClN3/c9-7-5-10-3-1-6(7)8-2-4-11-12-8/h1,3-5,8,12H,2H2. The molecule has 12 heavy (non-hydrogen) atoms. The molecule has 0 saturated heterocycles. The van der Waals surface area contributed by atoms with E-state index in [1.54, 1.807) is 12.4 Å². The van der Waals surface area contributed by atoms with Crippen LogP contribution in [0.4, 0.5) is 0 Å². The van der Waals surface area contributed by atoms with Gasteiger partial charge >= 0.3 is 0 Å². The number of halogens is 1. The molecule has 0 fully saturated rings. The number of rotatable bonds is 1. The molecule has 0 bridgehead atoms. The van der Waals surface area contributed by atoms with Crippen molar-refractivity contribution < 1.29 is 0 Å². The lowest BCUT2D eigenvalue weighted by Crippen LogP contribution is -2.09. The Bertz CT molecular complexity index is 303. The highest BCUT2D eigenvalue weighted by atomic mass is 35.5. The van der Waals surface area contributed by atoms with Crippen molar-refractivity contribution in [1.82, 2.24) is 10.4 Å². The van der Waals surface area contributed by atoms with Crippen molar-refractivity contribution in [3.63, 3.8) is 0 Å². The molecule has 1 atom stereocenters. The summed E-state index contributed by atoms with van der Waals surface area (Å²) in [6.07, 6.45) is 6.13. The summed E-state index contributed by atoms with van der Waals surface area (Å²) in [5.41, 5.74) is 4.03. The number of pyridine rings is 1. The monoisotopic (exact) mass is 181 g/mol. The van der Waals surface area contributed by atoms with Gasteiger partial charge in [0.25, 0.3) is 0 Å². The predicted molar refractivity (Wildman–Crippen MR) is 48.2 cm³/mol. The number of hydrogen-bond acceptors (Lipinski definition) is 3. The van der Waals surface area contributed by atoms with Gasteiger partial charge in [-0.15, -0.1) is 0 Å². The van der Waals surface area contributed by atoms with E-state index >= 15 is 0 Å². The number of hydrazone groups is 1. The molecule has 3 nitrogen and oxygen atoms in total. The summed E-state index contributed by atoms with van der Waals surface area (Å²) in [7, 11) is 0. The maximum atomic E-state index is 5.95. The molecule has 2 heterocycles. The van der Waals surface area contributed by atoms with Crippen molar-refractivity contribution in [3.8, 4) is 0 Å². The molecule has 1 aromatic rings. The maximum Gasteiger partial charge on any atom is 0.0754 e. The zero-order valence-electron chi connectivity index (χ0n) is 6.37. The Balaban J connectivity index is 2.27. The SMILES string of the molecule is Clc1cnccc1C1CC=NN1. The number of hydrogen-bond donors (Lipinski definition) is 1. The Hall–Kier alpha value is -1.09. The first kappa shape index (κ1) is 7.55. The lowest BCUT2D eigenvalue weighted by Gasteiger charge is -2.10. The average Bonchev–Trinajstić information content (AvgIpc) is 2.57. The summed E-state index contributed by atoms with van der Waals surface area (Å²) in [6, 6.07) is 2.13. The fourth-order valence-electron chi connectivity index (χ4n) is 1.22. The first-order valence-electron chi connectivity index (χ1n) is 3.74. The van der Waals surface area contributed by atoms with Crippen molar-refractivity contribution in [3.05, 3.63) is 29.0 Å². The van der Waals surface area contributed by atoms with Crippen LogP contribution >= 0.6 is 11.6 Å². The van der Waals surface area contributed by atoms with Gasteiger partial charge in [-0.3, -0.25) is 4.98 Å². The van der Waals surface area contributed by atoms with Crippen LogP contribution in [-0.2, 0) is 0 Å². The zero-order valence-corrected chi connectivity index (χ0v) is 7.12. The van der Waals surface area contributed by atoms with Crippen molar-refractivity contribution in [2.45, 2.75) is 12.5 Å². The third kappa shape index (κ3) is 1.28. The van der Waals surface area contributed by atoms with E-state index in [0.717, 1.165) is 12.0 Å². The quantitative estimate of drug-likeness (QED) is 0.717. The molecule has 0 aromatic carbocycles. The minimum atomic E-state index is 0.223. The van der Waals surface area contributed by atoms with Crippen LogP contribution in [0.25, 0.3) is 0 Å². The van der Waals surface area contributed by atoms with Gasteiger partial charge in [0.2, 0.25) is 0 Å². The molecule has 2 rings (SSSR count). The molecule has 0 amide bonds. The Labute approximate surface area is 75.5 Å². The third-order valence-electron chi connectivity index (χ3n) is 1.84. The van der Waals surface area contributed by atoms with Gasteiger partial charge in [-0.05, 0) is 11.6 Å². The molecular formula is C8H8ClN3. The molecule has 1 aromatic heterocycles. The largest absolute Gasteiger partial charge is 0.302 e. The van der Waals surface area contributed by atoms with E-state index in [-0.39, 0.29) is 6.04 Å². The van der Waals surface area contributed by atoms with Gasteiger partial charge in [0.15, 0.2) is 0 Å². The normalized spacial score (nSPS) is 20.9. The summed E-state index contributed by atoms with van der Waals surface area (Å²) in [4.78, 5) is 3.92. The van der Waals surface area contributed by atoms with Gasteiger partial charge in [-0.2, -0.15) is 5.10 Å². The van der Waals surface area contributed by atoms with Crippen LogP contribution in [0.3, 0.4) is 0 Å². The second-order valence-electron chi connectivity index (χ2n) is 2.63. The summed E-state index contributed by atoms with van der Waals surface area (Å²) < 4.78 is 0. The highest BCUT2D eigenvalue weighted by molar-refractivity contribution is 6.31. The summed E-state index contributed by atoms with van der Waals surface area (Å²) in [5.74, 6) is 0. The first-order chi connectivity index (χ1) is 5.88. The number of aromatic nitrogens is 1. The molecule has 0 saturated carbocycles. The summed E-state index contributed by atoms with van der Waals surface area (Å²) in [6.45, 7) is 0. The average molecular weight is 182 g/mol. The molecule has 0 radical (unpaired) electrons. The van der Waals surface area contributed by atoms with E-state index in [1.165, 1.54) is 0 Å². The van der Waals surface area contributed by atoms with Crippen molar-refractivity contribution >= 4 is 17.8 Å². The molecule has 0 spiro atoms. The summed E-state index contributed by atoms with van der Waals surface area (Å²) >= 11 is 5.95. The predicted octanol–water partition coefficient (Wildman–Crippen LogP) is 1.76. The smallest absolute Gasteiger partial charge is 0.0754 e. The topological polar surface area (TPSA) is 37.3 Å². The lowest BCUT2D eigenvalue weighted by atomic mass is 10.1. The Morgan fingerprint density at radius 1 is 1.58 bits per heavy atom. The molecule has 1 aliphatic heterocycles. The second kappa shape index (κ2) is 3.11. The van der Waals surface area contributed by atoms with E-state index in [2.05, 4.69) is 15.5 Å². The van der Waals surface area contributed by atoms with E-state index in [1.807, 2.05) is 12.3 Å². The Morgan fingerprint density at radius 3 is 3.17 bits per heavy atom. The van der Waals surface area contributed by atoms with Crippen LogP contribution in [-0.4, -0.2) is 11.2 Å². The lowest BCUT2D eigenvalue weighted by molar-refractivity contribution is 0.619. The van der Waals surface area contributed by atoms with Crippen LogP contribution in [0.15, 0.2) is 23.6 Å². The van der Waals surface area contributed by atoms with E-state index in [4.69, 9.17) is 11.6 Å². The second-order valence-corrected chi connectivity index (χ2v) is 3.03. The van der Waals surface area contributed by atoms with Gasteiger partial charge in [0.05, 0.1) is 11.1 Å². The minimum absolute atomic E-state index is 0.223. The molecule has 1 aliphatic rings. The van der Waals surface area contributed by atoms with E-state index < -0.39 is 0 Å². The van der Waals surface area contributed by atoms with E-state index in [0.29, 0.717) is 5.02 Å². The Kier molecular flexibility index (Phi) is 1.96. The highest BCUT2D eigenvalue weighted by Crippen LogP contribution is 2.25. The molecule has 0 aliphatic carbocycles. The van der Waals surface area contributed by atoms with Crippen LogP contribution < -0.4 is 5.43 Å². The molecule has 1 unspecified atom stereocenters. The number of nitrogens with one attached hydrogen (secondary N) is 1. The highest BCUT2D eigenvalue weighted by Gasteiger charge is 2.15. The first-order valence-corrected chi connectivity index (χ1v) is 4.12. The van der Waals surface area contributed by atoms with E-state index in [9.17, 15) is 0 Å². The van der Waals surface area contributed by atoms with Crippen molar-refractivity contribution in [2.75, 3.05) is 0 Å². The van der Waals surface area contributed by atoms with Gasteiger partial charge in [0.1, 0.15) is 0 Å². The molecule has 1 N–H and O–H groups in total. The minimum Gasteiger partial charge on any atom is -0.302 e. The van der Waals surface area contributed by atoms with Gasteiger partial charge in [-0.25, -0.2) is 0 Å². The fraction of sp³-hybridized carbons (Fsp3) is 0.250. The van der Waals surface area contributed by atoms with Crippen LogP contribution in [0.2, 0.25) is 5.02 Å². The van der Waals surface area contributed by atoms with Crippen LogP contribution in [0, 0.1) is 0 Å². The van der Waals surface area contributed by atoms with Gasteiger partial charge in [0, 0.05) is 25.0 Å². The van der Waals surface area contributed by atoms with Crippen LogP contribution in [0.5, 0.6) is 0 Å². The van der Waals surface area contributed by atoms with Crippen LogP contribution in [0.1, 0.15) is 18.0 Å². The molecular weight excluding hydrogens is 174 g/mol. The molecule has 62 valence electrons. The molecule has 4 heteroatoms. The zero-order chi connectivity index (χ0) is 8.39. The fourth-order valence-corrected chi connectivity index (χ4v) is 1.47. The maximum absolute atomic E-state index is 5.95. The third-order valence-corrected chi connectivity index (χ3v) is 2.16. The number of nitrogens with zero attached hydrogens (tertiary/aromatic N) is 2. The summed E-state index contributed by atoms with van der Waals surface area (Å²) in [5, 5.41) is 4.62. The van der Waals surface area contributed by atoms with Gasteiger partial charge < -0.3 is 5.43 Å². The van der Waals surface area contributed by atoms with Gasteiger partial charge in [-0.1, -0.05) is 11.6 Å². The Morgan fingerprint density at radius 2 is 2.50 bits per heavy atom.